The van der Waals surface area contributed by atoms with Gasteiger partial charge in [-0.3, -0.25) is 4.79 Å². The van der Waals surface area contributed by atoms with Gasteiger partial charge in [-0.25, -0.2) is 4.79 Å². The molecule has 5 nitrogen and oxygen atoms in total. The number of carbonyl (C=O) groups excluding carboxylic acids is 1. The molecule has 2 unspecified atom stereocenters. The molecule has 0 aromatic carbocycles. The zero-order chi connectivity index (χ0) is 16.1. The minimum Gasteiger partial charge on any atom is -0.479 e. The van der Waals surface area contributed by atoms with Crippen LogP contribution in [-0.2, 0) is 9.59 Å². The summed E-state index contributed by atoms with van der Waals surface area (Å²) in [6, 6.07) is 0. The fourth-order valence-corrected chi connectivity index (χ4v) is 2.25. The highest BCUT2D eigenvalue weighted by Crippen LogP contribution is 2.12. The first-order chi connectivity index (χ1) is 10.0. The number of unbranched alkanes of at least 4 members (excludes halogenated alkanes) is 9. The molecular formula is C16H30O5. The first kappa shape index (κ1) is 20.1. The highest BCUT2D eigenvalue weighted by molar-refractivity contribution is 5.89. The first-order valence-corrected chi connectivity index (χ1v) is 8.12. The Labute approximate surface area is 127 Å². The number of Topliss-reactive ketones (excluding diaryl/α,β-unsaturated/α-hetero) is 1. The molecule has 2 atom stereocenters. The van der Waals surface area contributed by atoms with Gasteiger partial charge < -0.3 is 15.3 Å². The Kier molecular flexibility index (Phi) is 12.2. The number of carboxylic acids is 1. The lowest BCUT2D eigenvalue weighted by Gasteiger charge is -2.12. The van der Waals surface area contributed by atoms with Crippen molar-refractivity contribution in [2.24, 2.45) is 0 Å². The third-order valence-electron chi connectivity index (χ3n) is 3.66. The molecule has 21 heavy (non-hydrogen) atoms. The molecule has 0 bridgehead atoms. The molecule has 0 aromatic heterocycles. The predicted octanol–water partition coefficient (Wildman–Crippen LogP) is 2.67. The van der Waals surface area contributed by atoms with E-state index in [9.17, 15) is 14.7 Å². The van der Waals surface area contributed by atoms with Crippen LogP contribution in [-0.4, -0.2) is 39.3 Å². The molecule has 0 rings (SSSR count). The van der Waals surface area contributed by atoms with Gasteiger partial charge in [-0.05, 0) is 6.42 Å². The van der Waals surface area contributed by atoms with E-state index < -0.39 is 24.0 Å². The average molecular weight is 302 g/mol. The maximum Gasteiger partial charge on any atom is 0.335 e. The lowest BCUT2D eigenvalue weighted by molar-refractivity contribution is -0.157. The Hall–Kier alpha value is -0.940. The van der Waals surface area contributed by atoms with Gasteiger partial charge in [-0.15, -0.1) is 0 Å². The lowest BCUT2D eigenvalue weighted by Crippen LogP contribution is -2.39. The van der Waals surface area contributed by atoms with Gasteiger partial charge in [0.2, 0.25) is 0 Å². The molecule has 0 aliphatic heterocycles. The largest absolute Gasteiger partial charge is 0.479 e. The van der Waals surface area contributed by atoms with Crippen LogP contribution in [0.15, 0.2) is 0 Å². The van der Waals surface area contributed by atoms with Crippen molar-refractivity contribution in [2.45, 2.75) is 89.8 Å². The summed E-state index contributed by atoms with van der Waals surface area (Å²) < 4.78 is 0. The van der Waals surface area contributed by atoms with Crippen LogP contribution in [0.1, 0.15) is 77.6 Å². The van der Waals surface area contributed by atoms with Crippen molar-refractivity contribution < 1.29 is 24.9 Å². The molecule has 0 aliphatic rings. The van der Waals surface area contributed by atoms with E-state index in [2.05, 4.69) is 6.92 Å². The second kappa shape index (κ2) is 12.8. The predicted molar refractivity (Wildman–Crippen MR) is 81.1 cm³/mol. The van der Waals surface area contributed by atoms with Crippen molar-refractivity contribution in [1.82, 2.24) is 0 Å². The van der Waals surface area contributed by atoms with Gasteiger partial charge in [0.05, 0.1) is 0 Å². The number of carboxylic acid groups (broad SMARTS) is 1. The Bertz CT molecular complexity index is 290. The summed E-state index contributed by atoms with van der Waals surface area (Å²) in [4.78, 5) is 21.9. The van der Waals surface area contributed by atoms with Crippen LogP contribution in [0.2, 0.25) is 0 Å². The van der Waals surface area contributed by atoms with Crippen molar-refractivity contribution in [3.8, 4) is 0 Å². The van der Waals surface area contributed by atoms with Crippen LogP contribution in [0.4, 0.5) is 0 Å². The monoisotopic (exact) mass is 302 g/mol. The van der Waals surface area contributed by atoms with Crippen LogP contribution in [0.5, 0.6) is 0 Å². The van der Waals surface area contributed by atoms with E-state index in [1.807, 2.05) is 0 Å². The topological polar surface area (TPSA) is 94.8 Å². The number of ketones is 1. The van der Waals surface area contributed by atoms with Crippen LogP contribution >= 0.6 is 0 Å². The molecule has 0 amide bonds. The second-order valence-electron chi connectivity index (χ2n) is 5.63. The van der Waals surface area contributed by atoms with Gasteiger partial charge in [-0.2, -0.15) is 0 Å². The fourth-order valence-electron chi connectivity index (χ4n) is 2.25. The highest BCUT2D eigenvalue weighted by Gasteiger charge is 2.29. The summed E-state index contributed by atoms with van der Waals surface area (Å²) in [5.41, 5.74) is 0. The first-order valence-electron chi connectivity index (χ1n) is 8.12. The standard InChI is InChI=1S/C16H30O5/c1-2-3-4-5-6-7-8-9-10-11-12-13(17)14(18)15(19)16(20)21/h14-15,18-19H,2-12H2,1H3,(H,20,21). The Balaban J connectivity index is 3.46. The minimum absolute atomic E-state index is 0.127. The molecule has 0 spiro atoms. The normalized spacial score (nSPS) is 13.9. The van der Waals surface area contributed by atoms with Gasteiger partial charge in [0.25, 0.3) is 0 Å². The van der Waals surface area contributed by atoms with E-state index in [-0.39, 0.29) is 6.42 Å². The van der Waals surface area contributed by atoms with Crippen molar-refractivity contribution >= 4 is 11.8 Å². The fraction of sp³-hybridized carbons (Fsp3) is 0.875. The molecule has 5 heteroatoms. The lowest BCUT2D eigenvalue weighted by atomic mass is 10.0. The summed E-state index contributed by atoms with van der Waals surface area (Å²) in [5, 5.41) is 26.9. The Morgan fingerprint density at radius 2 is 1.19 bits per heavy atom. The molecule has 0 radical (unpaired) electrons. The zero-order valence-electron chi connectivity index (χ0n) is 13.1. The van der Waals surface area contributed by atoms with E-state index >= 15 is 0 Å². The van der Waals surface area contributed by atoms with Crippen molar-refractivity contribution in [3.05, 3.63) is 0 Å². The van der Waals surface area contributed by atoms with Gasteiger partial charge in [0.1, 0.15) is 6.10 Å². The maximum atomic E-state index is 11.5. The number of carbonyl (C=O) groups is 2. The summed E-state index contributed by atoms with van der Waals surface area (Å²) in [6.45, 7) is 2.20. The second-order valence-corrected chi connectivity index (χ2v) is 5.63. The highest BCUT2D eigenvalue weighted by atomic mass is 16.4. The van der Waals surface area contributed by atoms with E-state index in [4.69, 9.17) is 10.2 Å². The SMILES string of the molecule is CCCCCCCCCCCCC(=O)C(O)C(O)C(=O)O. The van der Waals surface area contributed by atoms with E-state index in [0.29, 0.717) is 6.42 Å². The van der Waals surface area contributed by atoms with Gasteiger partial charge in [0.15, 0.2) is 11.9 Å². The summed E-state index contributed by atoms with van der Waals surface area (Å²) in [5.74, 6) is -2.16. The number of rotatable bonds is 14. The number of hydrogen-bond donors (Lipinski definition) is 3. The summed E-state index contributed by atoms with van der Waals surface area (Å²) in [6.07, 6.45) is 7.72. The molecule has 0 aliphatic carbocycles. The van der Waals surface area contributed by atoms with E-state index in [1.165, 1.54) is 38.5 Å². The molecule has 0 saturated heterocycles. The number of hydrogen-bond acceptors (Lipinski definition) is 4. The van der Waals surface area contributed by atoms with Crippen molar-refractivity contribution in [3.63, 3.8) is 0 Å². The molecule has 0 aromatic rings. The molecular weight excluding hydrogens is 272 g/mol. The Morgan fingerprint density at radius 1 is 0.762 bits per heavy atom. The molecule has 3 N–H and O–H groups in total. The van der Waals surface area contributed by atoms with Crippen LogP contribution < -0.4 is 0 Å². The van der Waals surface area contributed by atoms with Crippen LogP contribution in [0.25, 0.3) is 0 Å². The van der Waals surface area contributed by atoms with Crippen molar-refractivity contribution in [1.29, 1.82) is 0 Å². The zero-order valence-corrected chi connectivity index (χ0v) is 13.1. The number of aliphatic hydroxyl groups is 2. The minimum atomic E-state index is -2.01. The smallest absolute Gasteiger partial charge is 0.335 e. The van der Waals surface area contributed by atoms with Crippen molar-refractivity contribution in [2.75, 3.05) is 0 Å². The number of aliphatic carboxylic acids is 1. The third kappa shape index (κ3) is 10.4. The average Bonchev–Trinajstić information content (AvgIpc) is 2.47. The maximum absolute atomic E-state index is 11.5. The van der Waals surface area contributed by atoms with E-state index in [1.54, 1.807) is 0 Å². The molecule has 0 fully saturated rings. The quantitative estimate of drug-likeness (QED) is 0.429. The van der Waals surface area contributed by atoms with Gasteiger partial charge >= 0.3 is 5.97 Å². The Morgan fingerprint density at radius 3 is 1.62 bits per heavy atom. The summed E-state index contributed by atoms with van der Waals surface area (Å²) >= 11 is 0. The molecule has 124 valence electrons. The summed E-state index contributed by atoms with van der Waals surface area (Å²) in [7, 11) is 0. The number of aliphatic hydroxyl groups excluding tert-OH is 2. The third-order valence-corrected chi connectivity index (χ3v) is 3.66. The van der Waals surface area contributed by atoms with Crippen LogP contribution in [0, 0.1) is 0 Å². The van der Waals surface area contributed by atoms with E-state index in [0.717, 1.165) is 19.3 Å². The molecule has 0 heterocycles. The van der Waals surface area contributed by atoms with Gasteiger partial charge in [-0.1, -0.05) is 64.7 Å². The van der Waals surface area contributed by atoms with Crippen LogP contribution in [0.3, 0.4) is 0 Å². The molecule has 0 saturated carbocycles. The van der Waals surface area contributed by atoms with Gasteiger partial charge in [0, 0.05) is 6.42 Å².